The Morgan fingerprint density at radius 2 is 1.82 bits per heavy atom. The Bertz CT molecular complexity index is 917. The van der Waals surface area contributed by atoms with Crippen molar-refractivity contribution < 1.29 is 31.1 Å². The van der Waals surface area contributed by atoms with Crippen LogP contribution < -0.4 is 4.74 Å². The van der Waals surface area contributed by atoms with Gasteiger partial charge in [0.05, 0.1) is 23.3 Å². The molecule has 3 aliphatic rings. The summed E-state index contributed by atoms with van der Waals surface area (Å²) in [6, 6.07) is 7.55. The summed E-state index contributed by atoms with van der Waals surface area (Å²) in [4.78, 5) is 14.1. The van der Waals surface area contributed by atoms with E-state index in [4.69, 9.17) is 4.74 Å². The highest BCUT2D eigenvalue weighted by Crippen LogP contribution is 2.41. The first kappa shape index (κ1) is 19.3. The molecule has 0 N–H and O–H groups in total. The average molecular weight is 415 g/mol. The molecule has 0 bridgehead atoms. The summed E-state index contributed by atoms with van der Waals surface area (Å²) in [5, 5.41) is 0. The molecule has 3 heterocycles. The second-order valence-electron chi connectivity index (χ2n) is 7.69. The van der Waals surface area contributed by atoms with Crippen molar-refractivity contribution in [3.05, 3.63) is 35.9 Å². The van der Waals surface area contributed by atoms with Gasteiger partial charge in [-0.3, -0.25) is 4.79 Å². The largest absolute Gasteiger partial charge is 0.482 e. The molecule has 2 unspecified atom stereocenters. The molecule has 0 aromatic heterocycles. The van der Waals surface area contributed by atoms with Crippen LogP contribution in [0.5, 0.6) is 5.75 Å². The number of carbonyl (C=O) groups is 1. The minimum atomic E-state index is -4.71. The van der Waals surface area contributed by atoms with Crippen LogP contribution in [0, 0.1) is 11.8 Å². The summed E-state index contributed by atoms with van der Waals surface area (Å²) >= 11 is 0. The Balaban J connectivity index is 1.46. The van der Waals surface area contributed by atoms with Crippen LogP contribution in [0.15, 0.2) is 30.3 Å². The molecule has 1 spiro atoms. The molecule has 0 saturated carbocycles. The van der Waals surface area contributed by atoms with E-state index < -0.39 is 50.9 Å². The summed E-state index contributed by atoms with van der Waals surface area (Å²) < 4.78 is 69.3. The molecule has 1 amide bonds. The van der Waals surface area contributed by atoms with Crippen LogP contribution >= 0.6 is 0 Å². The van der Waals surface area contributed by atoms with Crippen LogP contribution in [0.4, 0.5) is 13.2 Å². The lowest BCUT2D eigenvalue weighted by Crippen LogP contribution is -2.52. The SMILES string of the molecule is O=C(C1CS(=O)(=O)CC1C(F)(F)F)N1CCC2(C=Cc3ccccc3O2)CC1. The molecule has 2 fully saturated rings. The third-order valence-corrected chi connectivity index (χ3v) is 7.54. The number of nitrogens with zero attached hydrogens (tertiary/aromatic N) is 1. The molecule has 9 heteroatoms. The predicted octanol–water partition coefficient (Wildman–Crippen LogP) is 2.68. The van der Waals surface area contributed by atoms with Crippen molar-refractivity contribution in [2.75, 3.05) is 24.6 Å². The monoisotopic (exact) mass is 415 g/mol. The van der Waals surface area contributed by atoms with E-state index in [1.54, 1.807) is 0 Å². The Hall–Kier alpha value is -2.03. The number of benzene rings is 1. The van der Waals surface area contributed by atoms with E-state index in [9.17, 15) is 26.4 Å². The van der Waals surface area contributed by atoms with E-state index in [-0.39, 0.29) is 13.1 Å². The van der Waals surface area contributed by atoms with Crippen molar-refractivity contribution in [2.45, 2.75) is 24.6 Å². The number of piperidine rings is 1. The summed E-state index contributed by atoms with van der Waals surface area (Å²) in [6.07, 6.45) is 0.0779. The molecule has 0 aliphatic carbocycles. The number of fused-ring (bicyclic) bond motifs is 1. The number of hydrogen-bond acceptors (Lipinski definition) is 4. The van der Waals surface area contributed by atoms with Crippen molar-refractivity contribution in [2.24, 2.45) is 11.8 Å². The summed E-state index contributed by atoms with van der Waals surface area (Å²) in [6.45, 7) is 0.457. The third-order valence-electron chi connectivity index (χ3n) is 5.81. The molecule has 1 aromatic rings. The van der Waals surface area contributed by atoms with Crippen LogP contribution in [-0.2, 0) is 14.6 Å². The van der Waals surface area contributed by atoms with Crippen LogP contribution in [0.1, 0.15) is 18.4 Å². The number of likely N-dealkylation sites (tertiary alicyclic amines) is 1. The van der Waals surface area contributed by atoms with Crippen molar-refractivity contribution >= 4 is 21.8 Å². The molecular weight excluding hydrogens is 395 g/mol. The van der Waals surface area contributed by atoms with Crippen molar-refractivity contribution in [1.29, 1.82) is 0 Å². The Labute approximate surface area is 161 Å². The van der Waals surface area contributed by atoms with Gasteiger partial charge < -0.3 is 9.64 Å². The summed E-state index contributed by atoms with van der Waals surface area (Å²) in [5.74, 6) is -5.40. The van der Waals surface area contributed by atoms with Gasteiger partial charge in [-0.15, -0.1) is 0 Å². The van der Waals surface area contributed by atoms with Gasteiger partial charge in [-0.2, -0.15) is 13.2 Å². The van der Waals surface area contributed by atoms with E-state index in [2.05, 4.69) is 0 Å². The fraction of sp³-hybridized carbons (Fsp3) is 0.526. The second kappa shape index (κ2) is 6.50. The van der Waals surface area contributed by atoms with Crippen LogP contribution in [0.25, 0.3) is 6.08 Å². The number of rotatable bonds is 1. The van der Waals surface area contributed by atoms with Gasteiger partial charge in [-0.1, -0.05) is 24.3 Å². The summed E-state index contributed by atoms with van der Waals surface area (Å²) in [7, 11) is -3.88. The van der Waals surface area contributed by atoms with Gasteiger partial charge in [-0.25, -0.2) is 8.42 Å². The van der Waals surface area contributed by atoms with Crippen LogP contribution in [0.2, 0.25) is 0 Å². The van der Waals surface area contributed by atoms with E-state index in [0.29, 0.717) is 12.8 Å². The van der Waals surface area contributed by atoms with Crippen LogP contribution in [-0.4, -0.2) is 55.6 Å². The minimum absolute atomic E-state index is 0.229. The lowest BCUT2D eigenvalue weighted by Gasteiger charge is -2.42. The minimum Gasteiger partial charge on any atom is -0.482 e. The quantitative estimate of drug-likeness (QED) is 0.708. The maximum absolute atomic E-state index is 13.2. The smallest absolute Gasteiger partial charge is 0.393 e. The topological polar surface area (TPSA) is 63.7 Å². The highest BCUT2D eigenvalue weighted by molar-refractivity contribution is 7.91. The first-order chi connectivity index (χ1) is 13.1. The molecule has 5 nitrogen and oxygen atoms in total. The fourth-order valence-electron chi connectivity index (χ4n) is 4.23. The number of ether oxygens (including phenoxy) is 1. The Morgan fingerprint density at radius 1 is 1.14 bits per heavy atom. The average Bonchev–Trinajstić information content (AvgIpc) is 2.98. The summed E-state index contributed by atoms with van der Waals surface area (Å²) in [5.41, 5.74) is 0.367. The zero-order valence-electron chi connectivity index (χ0n) is 15.0. The van der Waals surface area contributed by atoms with E-state index in [1.807, 2.05) is 36.4 Å². The molecule has 2 saturated heterocycles. The van der Waals surface area contributed by atoms with Gasteiger partial charge in [0.25, 0.3) is 0 Å². The van der Waals surface area contributed by atoms with Gasteiger partial charge in [0, 0.05) is 31.5 Å². The number of hydrogen-bond donors (Lipinski definition) is 0. The van der Waals surface area contributed by atoms with Gasteiger partial charge in [-0.05, 0) is 12.1 Å². The van der Waals surface area contributed by atoms with E-state index in [1.165, 1.54) is 4.90 Å². The number of para-hydroxylation sites is 1. The lowest BCUT2D eigenvalue weighted by molar-refractivity contribution is -0.185. The first-order valence-corrected chi connectivity index (χ1v) is 10.9. The first-order valence-electron chi connectivity index (χ1n) is 9.12. The van der Waals surface area contributed by atoms with Crippen molar-refractivity contribution in [3.63, 3.8) is 0 Å². The zero-order valence-corrected chi connectivity index (χ0v) is 15.8. The third kappa shape index (κ3) is 3.52. The molecular formula is C19H20F3NO4S. The molecule has 28 heavy (non-hydrogen) atoms. The molecule has 4 rings (SSSR count). The second-order valence-corrected chi connectivity index (χ2v) is 9.85. The number of alkyl halides is 3. The molecule has 152 valence electrons. The van der Waals surface area contributed by atoms with Gasteiger partial charge >= 0.3 is 6.18 Å². The maximum Gasteiger partial charge on any atom is 0.393 e. The standard InChI is InChI=1S/C19H20F3NO4S/c20-19(21,22)15-12-28(25,26)11-14(15)17(24)23-9-7-18(8-10-23)6-5-13-3-1-2-4-16(13)27-18/h1-6,14-15H,7-12H2. The zero-order chi connectivity index (χ0) is 20.2. The maximum atomic E-state index is 13.2. The highest BCUT2D eigenvalue weighted by Gasteiger charge is 2.56. The Kier molecular flexibility index (Phi) is 4.48. The highest BCUT2D eigenvalue weighted by atomic mass is 32.2. The lowest BCUT2D eigenvalue weighted by atomic mass is 9.86. The van der Waals surface area contributed by atoms with Crippen LogP contribution in [0.3, 0.4) is 0 Å². The molecule has 0 radical (unpaired) electrons. The normalized spacial score (nSPS) is 28.0. The van der Waals surface area contributed by atoms with Crippen molar-refractivity contribution in [1.82, 2.24) is 4.90 Å². The van der Waals surface area contributed by atoms with Gasteiger partial charge in [0.1, 0.15) is 11.4 Å². The van der Waals surface area contributed by atoms with E-state index >= 15 is 0 Å². The molecule has 2 atom stereocenters. The van der Waals surface area contributed by atoms with E-state index in [0.717, 1.165) is 11.3 Å². The predicted molar refractivity (Wildman–Crippen MR) is 96.3 cm³/mol. The van der Waals surface area contributed by atoms with Gasteiger partial charge in [0.2, 0.25) is 5.91 Å². The molecule has 1 aromatic carbocycles. The number of amides is 1. The molecule has 3 aliphatic heterocycles. The number of carbonyl (C=O) groups excluding carboxylic acids is 1. The Morgan fingerprint density at radius 3 is 2.50 bits per heavy atom. The van der Waals surface area contributed by atoms with Crippen molar-refractivity contribution in [3.8, 4) is 5.75 Å². The fourth-order valence-corrected chi connectivity index (χ4v) is 6.25. The van der Waals surface area contributed by atoms with Gasteiger partial charge in [0.15, 0.2) is 9.84 Å². The number of halogens is 3. The number of sulfone groups is 1.